The van der Waals surface area contributed by atoms with E-state index in [1.54, 1.807) is 24.3 Å². The third-order valence-electron chi connectivity index (χ3n) is 3.94. The van der Waals surface area contributed by atoms with E-state index in [9.17, 15) is 8.42 Å². The fraction of sp³-hybridized carbons (Fsp3) is 0.667. The molecule has 1 fully saturated rings. The summed E-state index contributed by atoms with van der Waals surface area (Å²) in [5, 5.41) is 0. The van der Waals surface area contributed by atoms with E-state index in [0.717, 1.165) is 31.2 Å². The molecule has 0 radical (unpaired) electrons. The molecule has 0 aromatic heterocycles. The molecule has 0 aliphatic carbocycles. The zero-order chi connectivity index (χ0) is 17.6. The Kier molecular flexibility index (Phi) is 7.22. The molecule has 5 nitrogen and oxygen atoms in total. The summed E-state index contributed by atoms with van der Waals surface area (Å²) in [6, 6.07) is 6.64. The third kappa shape index (κ3) is 6.16. The summed E-state index contributed by atoms with van der Waals surface area (Å²) in [5.74, 6) is 0.379. The Morgan fingerprint density at radius 3 is 2.50 bits per heavy atom. The normalized spacial score (nSPS) is 20.2. The Balaban J connectivity index is 1.96. The van der Waals surface area contributed by atoms with Gasteiger partial charge in [-0.3, -0.25) is 4.18 Å². The van der Waals surface area contributed by atoms with Crippen LogP contribution in [0.15, 0.2) is 29.2 Å². The topological polar surface area (TPSA) is 61.8 Å². The molecule has 0 saturated carbocycles. The highest BCUT2D eigenvalue weighted by Gasteiger charge is 2.24. The molecule has 0 N–H and O–H groups in total. The molecule has 1 heterocycles. The summed E-state index contributed by atoms with van der Waals surface area (Å²) >= 11 is 0. The van der Waals surface area contributed by atoms with Gasteiger partial charge in [0.15, 0.2) is 6.29 Å². The predicted molar refractivity (Wildman–Crippen MR) is 92.2 cm³/mol. The van der Waals surface area contributed by atoms with E-state index in [2.05, 4.69) is 13.8 Å². The average molecular weight is 356 g/mol. The summed E-state index contributed by atoms with van der Waals surface area (Å²) < 4.78 is 41.4. The maximum Gasteiger partial charge on any atom is 0.297 e. The van der Waals surface area contributed by atoms with Crippen molar-refractivity contribution < 1.29 is 22.1 Å². The van der Waals surface area contributed by atoms with Crippen LogP contribution in [0.25, 0.3) is 0 Å². The average Bonchev–Trinajstić information content (AvgIpc) is 2.54. The number of hydrogen-bond donors (Lipinski definition) is 0. The summed E-state index contributed by atoms with van der Waals surface area (Å²) in [6.07, 6.45) is 3.14. The smallest absolute Gasteiger partial charge is 0.297 e. The lowest BCUT2D eigenvalue weighted by Gasteiger charge is -2.28. The zero-order valence-corrected chi connectivity index (χ0v) is 15.6. The second-order valence-corrected chi connectivity index (χ2v) is 8.35. The van der Waals surface area contributed by atoms with Crippen LogP contribution in [-0.2, 0) is 23.8 Å². The van der Waals surface area contributed by atoms with Crippen molar-refractivity contribution in [2.24, 2.45) is 5.92 Å². The van der Waals surface area contributed by atoms with Crippen LogP contribution in [0.2, 0.25) is 0 Å². The number of ether oxygens (including phenoxy) is 2. The van der Waals surface area contributed by atoms with Gasteiger partial charge in [-0.2, -0.15) is 8.42 Å². The standard InChI is InChI=1S/C18H28O5S/c1-14(2)12-16(23-18-6-4-5-11-21-18)13-22-24(19,20)17-9-7-15(3)8-10-17/h7-10,14,16,18H,4-6,11-13H2,1-3H3. The Morgan fingerprint density at radius 2 is 1.92 bits per heavy atom. The van der Waals surface area contributed by atoms with Crippen molar-refractivity contribution in [2.45, 2.75) is 63.7 Å². The van der Waals surface area contributed by atoms with Gasteiger partial charge in [0.25, 0.3) is 10.1 Å². The van der Waals surface area contributed by atoms with Crippen molar-refractivity contribution in [1.29, 1.82) is 0 Å². The highest BCUT2D eigenvalue weighted by atomic mass is 32.2. The molecule has 1 aliphatic rings. The van der Waals surface area contributed by atoms with E-state index in [4.69, 9.17) is 13.7 Å². The lowest BCUT2D eigenvalue weighted by molar-refractivity contribution is -0.195. The minimum atomic E-state index is -3.77. The molecule has 2 unspecified atom stereocenters. The van der Waals surface area contributed by atoms with E-state index < -0.39 is 10.1 Å². The zero-order valence-electron chi connectivity index (χ0n) is 14.7. The van der Waals surface area contributed by atoms with Crippen molar-refractivity contribution in [3.05, 3.63) is 29.8 Å². The number of hydrogen-bond acceptors (Lipinski definition) is 5. The molecule has 2 atom stereocenters. The van der Waals surface area contributed by atoms with Crippen LogP contribution in [0.4, 0.5) is 0 Å². The lowest BCUT2D eigenvalue weighted by Crippen LogP contribution is -2.32. The number of aryl methyl sites for hydroxylation is 1. The molecule has 2 rings (SSSR count). The van der Waals surface area contributed by atoms with Gasteiger partial charge in [0.05, 0.1) is 17.6 Å². The summed E-state index contributed by atoms with van der Waals surface area (Å²) in [4.78, 5) is 0.172. The Morgan fingerprint density at radius 1 is 1.21 bits per heavy atom. The first-order valence-corrected chi connectivity index (χ1v) is 10.0. The first-order valence-electron chi connectivity index (χ1n) is 8.60. The summed E-state index contributed by atoms with van der Waals surface area (Å²) in [7, 11) is -3.77. The molecule has 1 aliphatic heterocycles. The van der Waals surface area contributed by atoms with Gasteiger partial charge in [0.2, 0.25) is 0 Å². The first kappa shape index (κ1) is 19.4. The van der Waals surface area contributed by atoms with Crippen molar-refractivity contribution >= 4 is 10.1 Å². The molecular formula is C18H28O5S. The van der Waals surface area contributed by atoms with E-state index in [1.807, 2.05) is 6.92 Å². The third-order valence-corrected chi connectivity index (χ3v) is 5.23. The van der Waals surface area contributed by atoms with Crippen LogP contribution in [0.1, 0.15) is 45.1 Å². The molecule has 6 heteroatoms. The Hall–Kier alpha value is -0.950. The monoisotopic (exact) mass is 356 g/mol. The SMILES string of the molecule is Cc1ccc(S(=O)(=O)OCC(CC(C)C)OC2CCCCO2)cc1. The predicted octanol–water partition coefficient (Wildman–Crippen LogP) is 3.66. The maximum atomic E-state index is 12.3. The van der Waals surface area contributed by atoms with E-state index in [0.29, 0.717) is 12.5 Å². The largest absolute Gasteiger partial charge is 0.353 e. The van der Waals surface area contributed by atoms with Crippen LogP contribution >= 0.6 is 0 Å². The van der Waals surface area contributed by atoms with Crippen molar-refractivity contribution in [3.8, 4) is 0 Å². The maximum absolute atomic E-state index is 12.3. The fourth-order valence-corrected chi connectivity index (χ4v) is 3.60. The highest BCUT2D eigenvalue weighted by molar-refractivity contribution is 7.86. The minimum absolute atomic E-state index is 0.00818. The van der Waals surface area contributed by atoms with Gasteiger partial charge in [-0.15, -0.1) is 0 Å². The van der Waals surface area contributed by atoms with Gasteiger partial charge in [-0.05, 0) is 50.7 Å². The highest BCUT2D eigenvalue weighted by Crippen LogP contribution is 2.20. The van der Waals surface area contributed by atoms with Crippen LogP contribution in [0.3, 0.4) is 0 Å². The fourth-order valence-electron chi connectivity index (χ4n) is 2.66. The van der Waals surface area contributed by atoms with Gasteiger partial charge in [-0.1, -0.05) is 31.5 Å². The van der Waals surface area contributed by atoms with Gasteiger partial charge >= 0.3 is 0 Å². The second-order valence-electron chi connectivity index (χ2n) is 6.74. The van der Waals surface area contributed by atoms with E-state index in [1.165, 1.54) is 0 Å². The van der Waals surface area contributed by atoms with Crippen molar-refractivity contribution in [3.63, 3.8) is 0 Å². The Bertz CT molecular complexity index is 588. The molecule has 0 bridgehead atoms. The quantitative estimate of drug-likeness (QED) is 0.665. The number of rotatable bonds is 8. The van der Waals surface area contributed by atoms with Crippen LogP contribution in [-0.4, -0.2) is 34.0 Å². The van der Waals surface area contributed by atoms with Gasteiger partial charge in [-0.25, -0.2) is 0 Å². The molecule has 1 saturated heterocycles. The van der Waals surface area contributed by atoms with Gasteiger partial charge in [0, 0.05) is 6.61 Å². The summed E-state index contributed by atoms with van der Waals surface area (Å²) in [5.41, 5.74) is 1.00. The molecule has 24 heavy (non-hydrogen) atoms. The molecule has 0 spiro atoms. The van der Waals surface area contributed by atoms with E-state index >= 15 is 0 Å². The Labute approximate surface area is 145 Å². The molecule has 1 aromatic carbocycles. The van der Waals surface area contributed by atoms with Crippen LogP contribution in [0.5, 0.6) is 0 Å². The summed E-state index contributed by atoms with van der Waals surface area (Å²) in [6.45, 7) is 6.77. The van der Waals surface area contributed by atoms with E-state index in [-0.39, 0.29) is 23.9 Å². The van der Waals surface area contributed by atoms with Crippen LogP contribution < -0.4 is 0 Å². The van der Waals surface area contributed by atoms with Crippen molar-refractivity contribution in [2.75, 3.05) is 13.2 Å². The minimum Gasteiger partial charge on any atom is -0.353 e. The van der Waals surface area contributed by atoms with Crippen molar-refractivity contribution in [1.82, 2.24) is 0 Å². The lowest BCUT2D eigenvalue weighted by atomic mass is 10.1. The molecule has 0 amide bonds. The van der Waals surface area contributed by atoms with Crippen LogP contribution in [0, 0.1) is 12.8 Å². The van der Waals surface area contributed by atoms with Gasteiger partial charge < -0.3 is 9.47 Å². The number of benzene rings is 1. The van der Waals surface area contributed by atoms with Gasteiger partial charge in [0.1, 0.15) is 0 Å². The molecular weight excluding hydrogens is 328 g/mol. The first-order chi connectivity index (χ1) is 11.4. The molecule has 1 aromatic rings. The molecule has 136 valence electrons. The second kappa shape index (κ2) is 8.94.